The molecule has 3 heterocycles. The maximum Gasteiger partial charge on any atom is 0.410 e. The van der Waals surface area contributed by atoms with E-state index in [9.17, 15) is 14.4 Å². The maximum atomic E-state index is 14.1. The first-order valence-electron chi connectivity index (χ1n) is 14.5. The molecular formula is C32H39N3O7. The fourth-order valence-electron chi connectivity index (χ4n) is 5.35. The van der Waals surface area contributed by atoms with E-state index >= 15 is 0 Å². The van der Waals surface area contributed by atoms with Gasteiger partial charge < -0.3 is 19.1 Å². The van der Waals surface area contributed by atoms with E-state index in [1.54, 1.807) is 34.1 Å². The van der Waals surface area contributed by atoms with E-state index in [1.807, 2.05) is 51.1 Å². The first-order chi connectivity index (χ1) is 20.1. The monoisotopic (exact) mass is 577 g/mol. The fourth-order valence-corrected chi connectivity index (χ4v) is 5.35. The Morgan fingerprint density at radius 3 is 2.55 bits per heavy atom. The number of benzene rings is 2. The Hall–Kier alpha value is -3.89. The molecule has 0 aromatic heterocycles. The first-order valence-corrected chi connectivity index (χ1v) is 14.5. The lowest BCUT2D eigenvalue weighted by molar-refractivity contribution is -0.198. The van der Waals surface area contributed by atoms with Gasteiger partial charge in [-0.25, -0.2) is 15.1 Å². The molecule has 0 saturated carbocycles. The minimum atomic E-state index is -0.909. The molecule has 3 amide bonds. The molecule has 2 aromatic carbocycles. The highest BCUT2D eigenvalue weighted by Gasteiger charge is 2.49. The fraction of sp³-hybridized carbons (Fsp3) is 0.469. The standard InChI is InChI=1S/C32H39N3O7/c1-31(2,3)41-30(38)34-18-16-32(17-19-34)35(22-24-9-5-4-6-10-24)29(37)25-21-23(12-14-26(25)40-32)13-15-27(36)33-42-28-11-7-8-20-39-28/h4-6,9-10,12-15,21,28H,7-8,11,16-20,22H2,1-3H3,(H,33,36)/b15-13+. The second-order valence-electron chi connectivity index (χ2n) is 11.9. The van der Waals surface area contributed by atoms with Gasteiger partial charge in [-0.05, 0) is 62.9 Å². The maximum absolute atomic E-state index is 14.1. The van der Waals surface area contributed by atoms with Crippen LogP contribution >= 0.6 is 0 Å². The highest BCUT2D eigenvalue weighted by atomic mass is 16.8. The summed E-state index contributed by atoms with van der Waals surface area (Å²) in [6, 6.07) is 15.1. The van der Waals surface area contributed by atoms with Gasteiger partial charge in [0.1, 0.15) is 11.4 Å². The van der Waals surface area contributed by atoms with Crippen molar-refractivity contribution >= 4 is 24.0 Å². The largest absolute Gasteiger partial charge is 0.467 e. The summed E-state index contributed by atoms with van der Waals surface area (Å²) in [6.07, 6.45) is 5.77. The predicted octanol–water partition coefficient (Wildman–Crippen LogP) is 5.04. The molecule has 224 valence electrons. The third-order valence-corrected chi connectivity index (χ3v) is 7.51. The van der Waals surface area contributed by atoms with E-state index in [0.29, 0.717) is 56.0 Å². The number of nitrogens with zero attached hydrogens (tertiary/aromatic N) is 2. The van der Waals surface area contributed by atoms with Gasteiger partial charge in [0.25, 0.3) is 11.8 Å². The topological polar surface area (TPSA) is 107 Å². The minimum Gasteiger partial charge on any atom is -0.467 e. The van der Waals surface area contributed by atoms with E-state index in [0.717, 1.165) is 24.8 Å². The van der Waals surface area contributed by atoms with Crippen LogP contribution in [0.2, 0.25) is 0 Å². The number of piperidine rings is 1. The molecule has 1 N–H and O–H groups in total. The average molecular weight is 578 g/mol. The third-order valence-electron chi connectivity index (χ3n) is 7.51. The van der Waals surface area contributed by atoms with Crippen molar-refractivity contribution in [3.05, 3.63) is 71.3 Å². The van der Waals surface area contributed by atoms with E-state index < -0.39 is 23.5 Å². The van der Waals surface area contributed by atoms with Crippen LogP contribution in [0.3, 0.4) is 0 Å². The summed E-state index contributed by atoms with van der Waals surface area (Å²) in [5.41, 5.74) is 2.97. The van der Waals surface area contributed by atoms with Gasteiger partial charge in [-0.15, -0.1) is 0 Å². The smallest absolute Gasteiger partial charge is 0.410 e. The zero-order chi connectivity index (χ0) is 29.7. The van der Waals surface area contributed by atoms with Crippen LogP contribution in [-0.4, -0.2) is 65.0 Å². The van der Waals surface area contributed by atoms with Crippen LogP contribution in [0.15, 0.2) is 54.6 Å². The van der Waals surface area contributed by atoms with Crippen LogP contribution in [0.1, 0.15) is 74.4 Å². The molecule has 3 aliphatic heterocycles. The summed E-state index contributed by atoms with van der Waals surface area (Å²) in [7, 11) is 0. The third kappa shape index (κ3) is 7.11. The predicted molar refractivity (Wildman–Crippen MR) is 155 cm³/mol. The normalized spacial score (nSPS) is 20.3. The molecule has 2 saturated heterocycles. The Morgan fingerprint density at radius 1 is 1.10 bits per heavy atom. The van der Waals surface area contributed by atoms with E-state index in [2.05, 4.69) is 5.48 Å². The van der Waals surface area contributed by atoms with Gasteiger partial charge >= 0.3 is 6.09 Å². The van der Waals surface area contributed by atoms with Crippen LogP contribution in [-0.2, 0) is 25.7 Å². The SMILES string of the molecule is CC(C)(C)OC(=O)N1CCC2(CC1)Oc1ccc(/C=C/C(=O)NOC3CCCCO3)cc1C(=O)N2Cc1ccccc1. The molecule has 3 aliphatic rings. The Balaban J connectivity index is 1.32. The number of nitrogens with one attached hydrogen (secondary N) is 1. The lowest BCUT2D eigenvalue weighted by atomic mass is 9.93. The van der Waals surface area contributed by atoms with Gasteiger partial charge in [-0.1, -0.05) is 36.4 Å². The minimum absolute atomic E-state index is 0.164. The number of rotatable bonds is 6. The number of carbonyl (C=O) groups is 3. The Kier molecular flexibility index (Phi) is 8.84. The van der Waals surface area contributed by atoms with Crippen molar-refractivity contribution in [1.29, 1.82) is 0 Å². The molecule has 2 aromatic rings. The van der Waals surface area contributed by atoms with Crippen LogP contribution in [0.4, 0.5) is 4.79 Å². The molecule has 10 heteroatoms. The first kappa shape index (κ1) is 29.6. The van der Waals surface area contributed by atoms with Gasteiger partial charge in [0.05, 0.1) is 5.56 Å². The molecule has 0 bridgehead atoms. The molecule has 1 spiro atoms. The van der Waals surface area contributed by atoms with Gasteiger partial charge in [0, 0.05) is 51.6 Å². The number of hydroxylamine groups is 1. The molecule has 5 rings (SSSR count). The second-order valence-corrected chi connectivity index (χ2v) is 11.9. The van der Waals surface area contributed by atoms with Crippen molar-refractivity contribution in [2.24, 2.45) is 0 Å². The highest BCUT2D eigenvalue weighted by molar-refractivity contribution is 5.99. The van der Waals surface area contributed by atoms with Crippen molar-refractivity contribution in [1.82, 2.24) is 15.3 Å². The number of likely N-dealkylation sites (tertiary alicyclic amines) is 1. The summed E-state index contributed by atoms with van der Waals surface area (Å²) in [5.74, 6) is -0.108. The lowest BCUT2D eigenvalue weighted by Gasteiger charge is -2.50. The summed E-state index contributed by atoms with van der Waals surface area (Å²) >= 11 is 0. The molecule has 1 unspecified atom stereocenters. The van der Waals surface area contributed by atoms with Gasteiger partial charge in [0.2, 0.25) is 0 Å². The van der Waals surface area contributed by atoms with Crippen molar-refractivity contribution in [3.8, 4) is 5.75 Å². The summed E-state index contributed by atoms with van der Waals surface area (Å²) in [4.78, 5) is 47.9. The number of amides is 3. The molecule has 1 atom stereocenters. The van der Waals surface area contributed by atoms with E-state index in [-0.39, 0.29) is 12.0 Å². The van der Waals surface area contributed by atoms with Crippen molar-refractivity contribution < 1.29 is 33.4 Å². The Bertz CT molecular complexity index is 1310. The number of carbonyl (C=O) groups excluding carboxylic acids is 3. The summed E-state index contributed by atoms with van der Waals surface area (Å²) in [5, 5.41) is 0. The Labute approximate surface area is 246 Å². The van der Waals surface area contributed by atoms with Crippen molar-refractivity contribution in [2.75, 3.05) is 19.7 Å². The zero-order valence-electron chi connectivity index (χ0n) is 24.5. The number of hydrogen-bond acceptors (Lipinski definition) is 7. The molecule has 0 aliphatic carbocycles. The zero-order valence-corrected chi connectivity index (χ0v) is 24.5. The summed E-state index contributed by atoms with van der Waals surface area (Å²) < 4.78 is 17.6. The lowest BCUT2D eigenvalue weighted by Crippen LogP contribution is -2.63. The second kappa shape index (κ2) is 12.5. The Morgan fingerprint density at radius 2 is 1.86 bits per heavy atom. The van der Waals surface area contributed by atoms with Gasteiger partial charge in [-0.3, -0.25) is 14.5 Å². The summed E-state index contributed by atoms with van der Waals surface area (Å²) in [6.45, 7) is 7.29. The van der Waals surface area contributed by atoms with Gasteiger partial charge in [-0.2, -0.15) is 0 Å². The average Bonchev–Trinajstić information content (AvgIpc) is 2.98. The van der Waals surface area contributed by atoms with Gasteiger partial charge in [0.15, 0.2) is 12.0 Å². The number of hydrogen-bond donors (Lipinski definition) is 1. The number of fused-ring (bicyclic) bond motifs is 1. The quantitative estimate of drug-likeness (QED) is 0.379. The highest BCUT2D eigenvalue weighted by Crippen LogP contribution is 2.41. The molecule has 42 heavy (non-hydrogen) atoms. The van der Waals surface area contributed by atoms with E-state index in [1.165, 1.54) is 6.08 Å². The van der Waals surface area contributed by atoms with E-state index in [4.69, 9.17) is 19.0 Å². The molecule has 2 fully saturated rings. The van der Waals surface area contributed by atoms with Crippen molar-refractivity contribution in [2.45, 2.75) is 77.0 Å². The van der Waals surface area contributed by atoms with Crippen LogP contribution < -0.4 is 10.2 Å². The van der Waals surface area contributed by atoms with Crippen LogP contribution in [0.25, 0.3) is 6.08 Å². The van der Waals surface area contributed by atoms with Crippen LogP contribution in [0.5, 0.6) is 5.75 Å². The number of ether oxygens (including phenoxy) is 3. The van der Waals surface area contributed by atoms with Crippen molar-refractivity contribution in [3.63, 3.8) is 0 Å². The van der Waals surface area contributed by atoms with Crippen LogP contribution in [0, 0.1) is 0 Å². The molecule has 10 nitrogen and oxygen atoms in total. The molecular weight excluding hydrogens is 538 g/mol. The molecule has 0 radical (unpaired) electrons.